The van der Waals surface area contributed by atoms with Gasteiger partial charge in [0.1, 0.15) is 0 Å². The average molecular weight is 335 g/mol. The number of carbonyl (C=O) groups is 1. The van der Waals surface area contributed by atoms with Crippen molar-refractivity contribution >= 4 is 11.9 Å². The second-order valence-electron chi connectivity index (χ2n) is 7.19. The van der Waals surface area contributed by atoms with E-state index in [0.717, 1.165) is 32.6 Å². The molecule has 1 amide bonds. The Hall–Kier alpha value is -1.89. The molecule has 1 atom stereocenters. The molecule has 1 N–H and O–H groups in total. The molecule has 0 bridgehead atoms. The minimum atomic E-state index is -0.211. The van der Waals surface area contributed by atoms with E-state index in [9.17, 15) is 4.79 Å². The lowest BCUT2D eigenvalue weighted by atomic mass is 10.1. The number of rotatable bonds is 4. The van der Waals surface area contributed by atoms with Crippen molar-refractivity contribution < 1.29 is 9.53 Å². The molecule has 0 spiro atoms. The van der Waals surface area contributed by atoms with E-state index < -0.39 is 0 Å². The Labute approximate surface area is 144 Å². The van der Waals surface area contributed by atoms with E-state index in [4.69, 9.17) is 4.74 Å². The van der Waals surface area contributed by atoms with E-state index in [1.54, 1.807) is 19.4 Å². The van der Waals surface area contributed by atoms with Gasteiger partial charge in [0.2, 0.25) is 17.7 Å². The number of hydrogen-bond acceptors (Lipinski definition) is 6. The standard InChI is InChI=1S/C17H29N5O2/c1-13(15(23)20-17(2,3)4)21-9-6-10-22(12-11-21)16-18-8-7-14(19-16)24-5/h7-8,13H,6,9-12H2,1-5H3,(H,20,23). The number of methoxy groups -OCH3 is 1. The van der Waals surface area contributed by atoms with Crippen LogP contribution in [0.25, 0.3) is 0 Å². The summed E-state index contributed by atoms with van der Waals surface area (Å²) in [6.45, 7) is 11.3. The van der Waals surface area contributed by atoms with Gasteiger partial charge >= 0.3 is 0 Å². The summed E-state index contributed by atoms with van der Waals surface area (Å²) in [5.74, 6) is 1.33. The van der Waals surface area contributed by atoms with Gasteiger partial charge in [0.25, 0.3) is 0 Å². The van der Waals surface area contributed by atoms with Crippen LogP contribution in [0.5, 0.6) is 5.88 Å². The largest absolute Gasteiger partial charge is 0.481 e. The zero-order valence-electron chi connectivity index (χ0n) is 15.4. The van der Waals surface area contributed by atoms with E-state index in [2.05, 4.69) is 25.1 Å². The number of hydrogen-bond donors (Lipinski definition) is 1. The van der Waals surface area contributed by atoms with Crippen molar-refractivity contribution in [2.24, 2.45) is 0 Å². The number of anilines is 1. The number of amides is 1. The highest BCUT2D eigenvalue weighted by atomic mass is 16.5. The summed E-state index contributed by atoms with van der Waals surface area (Å²) in [6, 6.07) is 1.60. The molecule has 1 aliphatic heterocycles. The fourth-order valence-electron chi connectivity index (χ4n) is 2.76. The lowest BCUT2D eigenvalue weighted by Gasteiger charge is -2.30. The quantitative estimate of drug-likeness (QED) is 0.894. The molecular formula is C17H29N5O2. The Morgan fingerprint density at radius 1 is 1.29 bits per heavy atom. The molecule has 2 heterocycles. The van der Waals surface area contributed by atoms with Crippen molar-refractivity contribution in [1.82, 2.24) is 20.2 Å². The van der Waals surface area contributed by atoms with Crippen LogP contribution in [0.3, 0.4) is 0 Å². The molecule has 1 saturated heterocycles. The van der Waals surface area contributed by atoms with E-state index in [1.165, 1.54) is 0 Å². The van der Waals surface area contributed by atoms with Gasteiger partial charge in [-0.1, -0.05) is 0 Å². The van der Waals surface area contributed by atoms with Gasteiger partial charge in [-0.2, -0.15) is 4.98 Å². The molecule has 7 heteroatoms. The van der Waals surface area contributed by atoms with Crippen LogP contribution in [-0.4, -0.2) is 65.6 Å². The second kappa shape index (κ2) is 7.79. The van der Waals surface area contributed by atoms with Crippen molar-refractivity contribution in [3.63, 3.8) is 0 Å². The zero-order chi connectivity index (χ0) is 17.7. The van der Waals surface area contributed by atoms with Gasteiger partial charge in [0, 0.05) is 44.0 Å². The lowest BCUT2D eigenvalue weighted by molar-refractivity contribution is -0.127. The SMILES string of the molecule is COc1ccnc(N2CCCN(C(C)C(=O)NC(C)(C)C)CC2)n1. The van der Waals surface area contributed by atoms with Crippen LogP contribution in [-0.2, 0) is 4.79 Å². The maximum Gasteiger partial charge on any atom is 0.237 e. The van der Waals surface area contributed by atoms with Crippen LogP contribution < -0.4 is 15.0 Å². The molecule has 0 radical (unpaired) electrons. The molecule has 1 unspecified atom stereocenters. The smallest absolute Gasteiger partial charge is 0.237 e. The highest BCUT2D eigenvalue weighted by Gasteiger charge is 2.27. The predicted octanol–water partition coefficient (Wildman–Crippen LogP) is 1.30. The van der Waals surface area contributed by atoms with Crippen molar-refractivity contribution in [3.8, 4) is 5.88 Å². The molecule has 1 aromatic rings. The Balaban J connectivity index is 1.98. The van der Waals surface area contributed by atoms with E-state index in [0.29, 0.717) is 11.8 Å². The van der Waals surface area contributed by atoms with Crippen LogP contribution in [0.1, 0.15) is 34.1 Å². The van der Waals surface area contributed by atoms with Gasteiger partial charge in [-0.25, -0.2) is 4.98 Å². The minimum Gasteiger partial charge on any atom is -0.481 e. The fourth-order valence-corrected chi connectivity index (χ4v) is 2.76. The summed E-state index contributed by atoms with van der Waals surface area (Å²) in [6.07, 6.45) is 2.68. The molecule has 24 heavy (non-hydrogen) atoms. The summed E-state index contributed by atoms with van der Waals surface area (Å²) in [5, 5.41) is 3.06. The summed E-state index contributed by atoms with van der Waals surface area (Å²) >= 11 is 0. The predicted molar refractivity (Wildman–Crippen MR) is 94.3 cm³/mol. The Kier molecular flexibility index (Phi) is 5.99. The average Bonchev–Trinajstić information content (AvgIpc) is 2.78. The molecule has 134 valence electrons. The van der Waals surface area contributed by atoms with E-state index in [-0.39, 0.29) is 17.5 Å². The van der Waals surface area contributed by atoms with Crippen LogP contribution in [0.15, 0.2) is 12.3 Å². The summed E-state index contributed by atoms with van der Waals surface area (Å²) in [4.78, 5) is 25.5. The third-order valence-electron chi connectivity index (χ3n) is 4.07. The zero-order valence-corrected chi connectivity index (χ0v) is 15.4. The van der Waals surface area contributed by atoms with Gasteiger partial charge in [-0.05, 0) is 34.1 Å². The summed E-state index contributed by atoms with van der Waals surface area (Å²) < 4.78 is 5.17. The van der Waals surface area contributed by atoms with Gasteiger partial charge in [0.15, 0.2) is 0 Å². The molecule has 7 nitrogen and oxygen atoms in total. The number of carbonyl (C=O) groups excluding carboxylic acids is 1. The van der Waals surface area contributed by atoms with Crippen LogP contribution in [0, 0.1) is 0 Å². The molecule has 1 fully saturated rings. The van der Waals surface area contributed by atoms with E-state index in [1.807, 2.05) is 27.7 Å². The number of nitrogens with one attached hydrogen (secondary N) is 1. The third-order valence-corrected chi connectivity index (χ3v) is 4.07. The van der Waals surface area contributed by atoms with Gasteiger partial charge in [0.05, 0.1) is 13.2 Å². The van der Waals surface area contributed by atoms with Crippen molar-refractivity contribution in [3.05, 3.63) is 12.3 Å². The first kappa shape index (κ1) is 18.4. The maximum atomic E-state index is 12.4. The topological polar surface area (TPSA) is 70.6 Å². The molecular weight excluding hydrogens is 306 g/mol. The molecule has 2 rings (SSSR count). The monoisotopic (exact) mass is 335 g/mol. The Morgan fingerprint density at radius 2 is 2.04 bits per heavy atom. The van der Waals surface area contributed by atoms with Crippen molar-refractivity contribution in [2.45, 2.75) is 45.7 Å². The first-order chi connectivity index (χ1) is 11.3. The fraction of sp³-hybridized carbons (Fsp3) is 0.706. The van der Waals surface area contributed by atoms with Crippen LogP contribution in [0.4, 0.5) is 5.95 Å². The molecule has 1 aromatic heterocycles. The van der Waals surface area contributed by atoms with Gasteiger partial charge in [-0.3, -0.25) is 9.69 Å². The lowest BCUT2D eigenvalue weighted by Crippen LogP contribution is -2.51. The number of ether oxygens (including phenoxy) is 1. The summed E-state index contributed by atoms with van der Waals surface area (Å²) in [7, 11) is 1.60. The summed E-state index contributed by atoms with van der Waals surface area (Å²) in [5.41, 5.74) is -0.211. The highest BCUT2D eigenvalue weighted by Crippen LogP contribution is 2.16. The van der Waals surface area contributed by atoms with Crippen LogP contribution in [0.2, 0.25) is 0 Å². The first-order valence-electron chi connectivity index (χ1n) is 8.48. The van der Waals surface area contributed by atoms with Crippen LogP contribution >= 0.6 is 0 Å². The Morgan fingerprint density at radius 3 is 2.71 bits per heavy atom. The first-order valence-corrected chi connectivity index (χ1v) is 8.48. The van der Waals surface area contributed by atoms with E-state index >= 15 is 0 Å². The number of nitrogens with zero attached hydrogens (tertiary/aromatic N) is 4. The molecule has 0 aliphatic carbocycles. The normalized spacial score (nSPS) is 18.0. The third kappa shape index (κ3) is 5.06. The maximum absolute atomic E-state index is 12.4. The molecule has 1 aliphatic rings. The molecule has 0 aromatic carbocycles. The number of aromatic nitrogens is 2. The van der Waals surface area contributed by atoms with Gasteiger partial charge < -0.3 is 15.0 Å². The van der Waals surface area contributed by atoms with Gasteiger partial charge in [-0.15, -0.1) is 0 Å². The minimum absolute atomic E-state index is 0.0774. The Bertz CT molecular complexity index is 558. The van der Waals surface area contributed by atoms with Crippen molar-refractivity contribution in [2.75, 3.05) is 38.2 Å². The molecule has 0 saturated carbocycles. The van der Waals surface area contributed by atoms with Crippen molar-refractivity contribution in [1.29, 1.82) is 0 Å². The second-order valence-corrected chi connectivity index (χ2v) is 7.19. The highest BCUT2D eigenvalue weighted by molar-refractivity contribution is 5.81.